The van der Waals surface area contributed by atoms with Gasteiger partial charge in [0.15, 0.2) is 0 Å². The summed E-state index contributed by atoms with van der Waals surface area (Å²) in [6.45, 7) is 0.533. The SMILES string of the molecule is O=C(O)c1ccccc1C(=O)NC[C@@H]1c2ccccc2CCN1C(=O)[C@@H]1CCCC[C@@H]1C(=O)O. The summed E-state index contributed by atoms with van der Waals surface area (Å²) < 4.78 is 0. The van der Waals surface area contributed by atoms with Gasteiger partial charge in [0.1, 0.15) is 0 Å². The minimum atomic E-state index is -1.19. The number of hydrogen-bond donors (Lipinski definition) is 3. The molecule has 2 aromatic carbocycles. The van der Waals surface area contributed by atoms with Crippen LogP contribution < -0.4 is 5.32 Å². The summed E-state index contributed by atoms with van der Waals surface area (Å²) in [5.74, 6) is -4.13. The van der Waals surface area contributed by atoms with Crippen LogP contribution in [0.25, 0.3) is 0 Å². The molecule has 3 N–H and O–H groups in total. The highest BCUT2D eigenvalue weighted by Gasteiger charge is 2.41. The first-order valence-electron chi connectivity index (χ1n) is 11.6. The van der Waals surface area contributed by atoms with Crippen molar-refractivity contribution in [1.82, 2.24) is 10.2 Å². The molecule has 0 saturated heterocycles. The number of fused-ring (bicyclic) bond motifs is 1. The number of aromatic carboxylic acids is 1. The molecule has 0 unspecified atom stereocenters. The van der Waals surface area contributed by atoms with Crippen molar-refractivity contribution < 1.29 is 29.4 Å². The number of carboxylic acid groups (broad SMARTS) is 2. The lowest BCUT2D eigenvalue weighted by atomic mass is 9.77. The Balaban J connectivity index is 1.59. The number of benzene rings is 2. The maximum absolute atomic E-state index is 13.6. The molecule has 3 atom stereocenters. The molecule has 0 radical (unpaired) electrons. The lowest BCUT2D eigenvalue weighted by molar-refractivity contribution is -0.153. The Kier molecular flexibility index (Phi) is 6.95. The molecule has 1 fully saturated rings. The first kappa shape index (κ1) is 23.5. The first-order valence-corrected chi connectivity index (χ1v) is 11.6. The smallest absolute Gasteiger partial charge is 0.336 e. The van der Waals surface area contributed by atoms with E-state index in [1.165, 1.54) is 12.1 Å². The van der Waals surface area contributed by atoms with Gasteiger partial charge in [-0.15, -0.1) is 0 Å². The van der Waals surface area contributed by atoms with Crippen LogP contribution in [0.1, 0.15) is 63.6 Å². The van der Waals surface area contributed by atoms with Crippen LogP contribution in [-0.4, -0.2) is 52.0 Å². The molecule has 2 amide bonds. The maximum atomic E-state index is 13.6. The monoisotopic (exact) mass is 464 g/mol. The third-order valence-electron chi connectivity index (χ3n) is 6.95. The number of rotatable bonds is 6. The second kappa shape index (κ2) is 10.1. The molecule has 0 bridgehead atoms. The highest BCUT2D eigenvalue weighted by atomic mass is 16.4. The summed E-state index contributed by atoms with van der Waals surface area (Å²) in [6, 6.07) is 13.2. The lowest BCUT2D eigenvalue weighted by Crippen LogP contribution is -2.49. The predicted octanol–water partition coefficient (Wildman–Crippen LogP) is 3.13. The Morgan fingerprint density at radius 1 is 0.882 bits per heavy atom. The van der Waals surface area contributed by atoms with Gasteiger partial charge in [-0.2, -0.15) is 0 Å². The van der Waals surface area contributed by atoms with Crippen LogP contribution in [-0.2, 0) is 16.0 Å². The Morgan fingerprint density at radius 2 is 1.53 bits per heavy atom. The van der Waals surface area contributed by atoms with Crippen LogP contribution in [0.3, 0.4) is 0 Å². The Hall–Kier alpha value is -3.68. The third kappa shape index (κ3) is 4.66. The minimum Gasteiger partial charge on any atom is -0.481 e. The van der Waals surface area contributed by atoms with Crippen molar-refractivity contribution in [1.29, 1.82) is 0 Å². The summed E-state index contributed by atoms with van der Waals surface area (Å²) in [5.41, 5.74) is 1.95. The summed E-state index contributed by atoms with van der Waals surface area (Å²) in [7, 11) is 0. The van der Waals surface area contributed by atoms with E-state index in [1.54, 1.807) is 17.0 Å². The molecule has 8 heteroatoms. The highest BCUT2D eigenvalue weighted by Crippen LogP contribution is 2.36. The average Bonchev–Trinajstić information content (AvgIpc) is 2.86. The van der Waals surface area contributed by atoms with Gasteiger partial charge in [-0.1, -0.05) is 49.2 Å². The van der Waals surface area contributed by atoms with Gasteiger partial charge < -0.3 is 20.4 Å². The summed E-state index contributed by atoms with van der Waals surface area (Å²) >= 11 is 0. The molecular weight excluding hydrogens is 436 g/mol. The van der Waals surface area contributed by atoms with Gasteiger partial charge in [-0.25, -0.2) is 4.79 Å². The van der Waals surface area contributed by atoms with Gasteiger partial charge in [0.05, 0.1) is 29.0 Å². The minimum absolute atomic E-state index is 0.0511. The molecule has 4 rings (SSSR count). The van der Waals surface area contributed by atoms with E-state index in [0.717, 1.165) is 24.0 Å². The molecule has 2 aliphatic rings. The standard InChI is InChI=1S/C26H28N2O6/c29-23(18-9-3-5-11-20(18)25(31)32)27-15-22-17-8-2-1-7-16(17)13-14-28(22)24(30)19-10-4-6-12-21(19)26(33)34/h1-3,5,7-9,11,19,21-22H,4,6,10,12-15H2,(H,27,29)(H,31,32)(H,33,34)/t19-,21+,22-/m1/s1. The number of aliphatic carboxylic acids is 1. The molecule has 0 aromatic heterocycles. The first-order chi connectivity index (χ1) is 16.4. The largest absolute Gasteiger partial charge is 0.481 e. The van der Waals surface area contributed by atoms with Gasteiger partial charge in [0.2, 0.25) is 5.91 Å². The van der Waals surface area contributed by atoms with Crippen molar-refractivity contribution in [2.24, 2.45) is 11.8 Å². The summed E-state index contributed by atoms with van der Waals surface area (Å²) in [6.07, 6.45) is 3.30. The van der Waals surface area contributed by atoms with E-state index in [1.807, 2.05) is 24.3 Å². The molecule has 178 valence electrons. The van der Waals surface area contributed by atoms with Crippen LogP contribution in [0.2, 0.25) is 0 Å². The lowest BCUT2D eigenvalue weighted by Gasteiger charge is -2.41. The average molecular weight is 465 g/mol. The van der Waals surface area contributed by atoms with Gasteiger partial charge in [-0.3, -0.25) is 14.4 Å². The Bertz CT molecular complexity index is 1110. The van der Waals surface area contributed by atoms with E-state index in [-0.39, 0.29) is 23.6 Å². The van der Waals surface area contributed by atoms with E-state index < -0.39 is 35.7 Å². The fraction of sp³-hybridized carbons (Fsp3) is 0.385. The van der Waals surface area contributed by atoms with Crippen molar-refractivity contribution in [3.63, 3.8) is 0 Å². The van der Waals surface area contributed by atoms with Crippen molar-refractivity contribution in [3.8, 4) is 0 Å². The quantitative estimate of drug-likeness (QED) is 0.603. The topological polar surface area (TPSA) is 124 Å². The van der Waals surface area contributed by atoms with E-state index in [4.69, 9.17) is 0 Å². The van der Waals surface area contributed by atoms with Gasteiger partial charge in [0.25, 0.3) is 5.91 Å². The fourth-order valence-electron chi connectivity index (χ4n) is 5.22. The molecule has 1 saturated carbocycles. The van der Waals surface area contributed by atoms with E-state index in [9.17, 15) is 29.4 Å². The number of amides is 2. The number of carboxylic acids is 2. The van der Waals surface area contributed by atoms with Crippen LogP contribution in [0.5, 0.6) is 0 Å². The van der Waals surface area contributed by atoms with Crippen LogP contribution in [0, 0.1) is 11.8 Å². The van der Waals surface area contributed by atoms with Gasteiger partial charge >= 0.3 is 11.9 Å². The Morgan fingerprint density at radius 3 is 2.24 bits per heavy atom. The molecule has 1 aliphatic carbocycles. The highest BCUT2D eigenvalue weighted by molar-refractivity contribution is 6.04. The van der Waals surface area contributed by atoms with Gasteiger partial charge in [-0.05, 0) is 42.5 Å². The number of nitrogens with one attached hydrogen (secondary N) is 1. The van der Waals surface area contributed by atoms with E-state index >= 15 is 0 Å². The van der Waals surface area contributed by atoms with Crippen molar-refractivity contribution in [2.75, 3.05) is 13.1 Å². The van der Waals surface area contributed by atoms with Crippen LogP contribution in [0.4, 0.5) is 0 Å². The van der Waals surface area contributed by atoms with Gasteiger partial charge in [0, 0.05) is 13.1 Å². The number of hydrogen-bond acceptors (Lipinski definition) is 4. The molecular formula is C26H28N2O6. The second-order valence-corrected chi connectivity index (χ2v) is 8.89. The maximum Gasteiger partial charge on any atom is 0.336 e. The van der Waals surface area contributed by atoms with Crippen LogP contribution >= 0.6 is 0 Å². The molecule has 2 aromatic rings. The normalized spacial score (nSPS) is 21.9. The van der Waals surface area contributed by atoms with Crippen LogP contribution in [0.15, 0.2) is 48.5 Å². The summed E-state index contributed by atoms with van der Waals surface area (Å²) in [4.78, 5) is 51.5. The molecule has 8 nitrogen and oxygen atoms in total. The summed E-state index contributed by atoms with van der Waals surface area (Å²) in [5, 5.41) is 21.9. The molecule has 1 aliphatic heterocycles. The van der Waals surface area contributed by atoms with E-state index in [2.05, 4.69) is 5.32 Å². The zero-order valence-corrected chi connectivity index (χ0v) is 18.8. The number of carbonyl (C=O) groups is 4. The second-order valence-electron chi connectivity index (χ2n) is 8.89. The third-order valence-corrected chi connectivity index (χ3v) is 6.95. The van der Waals surface area contributed by atoms with Crippen molar-refractivity contribution in [2.45, 2.75) is 38.1 Å². The Labute approximate surface area is 197 Å². The zero-order valence-electron chi connectivity index (χ0n) is 18.8. The van der Waals surface area contributed by atoms with E-state index in [0.29, 0.717) is 25.8 Å². The molecule has 34 heavy (non-hydrogen) atoms. The van der Waals surface area contributed by atoms with Crippen molar-refractivity contribution in [3.05, 3.63) is 70.8 Å². The molecule has 1 heterocycles. The fourth-order valence-corrected chi connectivity index (χ4v) is 5.22. The number of carbonyl (C=O) groups excluding carboxylic acids is 2. The zero-order chi connectivity index (χ0) is 24.2. The van der Waals surface area contributed by atoms with Crippen molar-refractivity contribution >= 4 is 23.8 Å². The number of nitrogens with zero attached hydrogens (tertiary/aromatic N) is 1. The predicted molar refractivity (Wildman–Crippen MR) is 123 cm³/mol. The molecule has 0 spiro atoms.